The molecule has 218 valence electrons. The molecule has 0 radical (unpaired) electrons. The van der Waals surface area contributed by atoms with E-state index in [2.05, 4.69) is 26.6 Å². The summed E-state index contributed by atoms with van der Waals surface area (Å²) in [5.74, 6) is -1.13. The average Bonchev–Trinajstić information content (AvgIpc) is 2.94. The van der Waals surface area contributed by atoms with E-state index in [1.807, 2.05) is 24.3 Å². The maximum Gasteiger partial charge on any atom is 0.446 e. The van der Waals surface area contributed by atoms with E-state index in [4.69, 9.17) is 28.2 Å². The van der Waals surface area contributed by atoms with Gasteiger partial charge in [0.05, 0.1) is 17.9 Å². The largest absolute Gasteiger partial charge is 0.446 e. The van der Waals surface area contributed by atoms with Gasteiger partial charge in [-0.3, -0.25) is 9.59 Å². The minimum absolute atomic E-state index is 0.0337. The Bertz CT molecular complexity index is 1610. The molecule has 4 rings (SSSR count). The number of alkyl halides is 3. The number of carbonyl (C=O) groups excluding carboxylic acids is 2. The summed E-state index contributed by atoms with van der Waals surface area (Å²) in [7, 11) is 0. The predicted molar refractivity (Wildman–Crippen MR) is 161 cm³/mol. The van der Waals surface area contributed by atoms with E-state index in [1.165, 1.54) is 24.3 Å². The number of amides is 2. The second-order valence-corrected chi connectivity index (χ2v) is 11.7. The molecule has 3 aromatic carbocycles. The van der Waals surface area contributed by atoms with Gasteiger partial charge in [-0.25, -0.2) is 4.98 Å². The Hall–Kier alpha value is -3.09. The number of nitrogens with zero attached hydrogens (tertiary/aromatic N) is 1. The van der Waals surface area contributed by atoms with Crippen molar-refractivity contribution in [2.24, 2.45) is 0 Å². The van der Waals surface area contributed by atoms with Crippen LogP contribution in [0.2, 0.25) is 10.0 Å². The third-order valence-electron chi connectivity index (χ3n) is 5.92. The maximum atomic E-state index is 12.9. The topological polar surface area (TPSA) is 91.3 Å². The Labute approximate surface area is 261 Å². The number of carbonyl (C=O) groups is 2. The highest BCUT2D eigenvalue weighted by Crippen LogP contribution is 2.38. The first-order valence-corrected chi connectivity index (χ1v) is 14.6. The van der Waals surface area contributed by atoms with Crippen molar-refractivity contribution in [2.45, 2.75) is 23.5 Å². The molecule has 0 aliphatic carbocycles. The molecule has 0 atom stereocenters. The van der Waals surface area contributed by atoms with Crippen LogP contribution in [0.5, 0.6) is 0 Å². The number of benzene rings is 3. The lowest BCUT2D eigenvalue weighted by atomic mass is 9.96. The molecule has 1 heterocycles. The van der Waals surface area contributed by atoms with Gasteiger partial charge in [0.25, 0.3) is 5.91 Å². The number of hydrogen-bond acceptors (Lipinski definition) is 5. The zero-order valence-electron chi connectivity index (χ0n) is 21.4. The van der Waals surface area contributed by atoms with Crippen molar-refractivity contribution >= 4 is 62.7 Å². The van der Waals surface area contributed by atoms with Gasteiger partial charge in [0.1, 0.15) is 6.61 Å². The van der Waals surface area contributed by atoms with E-state index < -0.39 is 23.9 Å². The summed E-state index contributed by atoms with van der Waals surface area (Å²) in [4.78, 5) is 29.6. The van der Waals surface area contributed by atoms with Crippen molar-refractivity contribution in [1.29, 1.82) is 0 Å². The smallest absolute Gasteiger partial charge is 0.387 e. The van der Waals surface area contributed by atoms with Crippen LogP contribution in [0.15, 0.2) is 82.2 Å². The molecular weight excluding hydrogens is 678 g/mol. The van der Waals surface area contributed by atoms with Crippen molar-refractivity contribution in [3.63, 3.8) is 0 Å². The Morgan fingerprint density at radius 1 is 0.905 bits per heavy atom. The molecule has 3 N–H and O–H groups in total. The Kier molecular flexibility index (Phi) is 10.6. The van der Waals surface area contributed by atoms with Gasteiger partial charge >= 0.3 is 5.51 Å². The van der Waals surface area contributed by atoms with Crippen LogP contribution in [-0.2, 0) is 17.9 Å². The first-order valence-electron chi connectivity index (χ1n) is 12.2. The lowest BCUT2D eigenvalue weighted by Crippen LogP contribution is -2.28. The SMILES string of the molecule is O=C(CO)NCc1nc(-c2ccc(Br)cc2)c(-c2ccc(Cl)cc2Cl)cc1CNC(=O)c1ccc(SC(F)(F)F)cc1. The summed E-state index contributed by atoms with van der Waals surface area (Å²) in [5.41, 5.74) is -0.761. The van der Waals surface area contributed by atoms with Crippen molar-refractivity contribution in [2.75, 3.05) is 6.61 Å². The standard InChI is InChI=1S/C29H21BrCl2F3N3O3S/c30-19-5-1-16(2-6-19)27-23(22-10-7-20(31)12-24(22)32)11-18(25(38-27)14-36-26(40)15-39)13-37-28(41)17-3-8-21(9-4-17)42-29(33,34)35/h1-12,39H,13-15H2,(H,36,40)(H,37,41). The molecule has 0 aliphatic heterocycles. The summed E-state index contributed by atoms with van der Waals surface area (Å²) in [6.45, 7) is -0.799. The van der Waals surface area contributed by atoms with E-state index in [9.17, 15) is 27.9 Å². The van der Waals surface area contributed by atoms with Crippen LogP contribution in [-0.4, -0.2) is 34.0 Å². The van der Waals surface area contributed by atoms with Gasteiger partial charge < -0.3 is 15.7 Å². The van der Waals surface area contributed by atoms with Gasteiger partial charge in [-0.05, 0) is 71.9 Å². The highest BCUT2D eigenvalue weighted by Gasteiger charge is 2.29. The van der Waals surface area contributed by atoms with Crippen LogP contribution >= 0.6 is 50.9 Å². The quantitative estimate of drug-likeness (QED) is 0.156. The molecule has 0 bridgehead atoms. The predicted octanol–water partition coefficient (Wildman–Crippen LogP) is 7.64. The Morgan fingerprint density at radius 3 is 2.21 bits per heavy atom. The molecule has 0 fully saturated rings. The average molecular weight is 699 g/mol. The van der Waals surface area contributed by atoms with Crippen molar-refractivity contribution in [3.05, 3.63) is 104 Å². The Morgan fingerprint density at radius 2 is 1.60 bits per heavy atom. The third kappa shape index (κ3) is 8.48. The second kappa shape index (κ2) is 13.9. The monoisotopic (exact) mass is 697 g/mol. The third-order valence-corrected chi connectivity index (χ3v) is 7.73. The zero-order valence-corrected chi connectivity index (χ0v) is 25.4. The van der Waals surface area contributed by atoms with Crippen LogP contribution in [0.4, 0.5) is 13.2 Å². The first-order chi connectivity index (χ1) is 19.9. The maximum absolute atomic E-state index is 12.9. The number of aromatic nitrogens is 1. The lowest BCUT2D eigenvalue weighted by molar-refractivity contribution is -0.124. The van der Waals surface area contributed by atoms with Gasteiger partial charge in [-0.15, -0.1) is 0 Å². The number of nitrogens with one attached hydrogen (secondary N) is 2. The fourth-order valence-corrected chi connectivity index (χ4v) is 5.28. The lowest BCUT2D eigenvalue weighted by Gasteiger charge is -2.18. The van der Waals surface area contributed by atoms with E-state index >= 15 is 0 Å². The molecule has 42 heavy (non-hydrogen) atoms. The zero-order chi connectivity index (χ0) is 30.4. The summed E-state index contributed by atoms with van der Waals surface area (Å²) < 4.78 is 38.8. The molecule has 0 unspecified atom stereocenters. The van der Waals surface area contributed by atoms with Crippen LogP contribution in [0.1, 0.15) is 21.6 Å². The van der Waals surface area contributed by atoms with E-state index in [0.717, 1.165) is 10.0 Å². The molecule has 4 aromatic rings. The fraction of sp³-hybridized carbons (Fsp3) is 0.138. The van der Waals surface area contributed by atoms with Crippen molar-refractivity contribution in [1.82, 2.24) is 15.6 Å². The minimum Gasteiger partial charge on any atom is -0.387 e. The van der Waals surface area contributed by atoms with Gasteiger partial charge in [0.2, 0.25) is 5.91 Å². The van der Waals surface area contributed by atoms with Gasteiger partial charge in [-0.1, -0.05) is 57.3 Å². The van der Waals surface area contributed by atoms with E-state index in [-0.39, 0.29) is 35.3 Å². The molecule has 2 amide bonds. The summed E-state index contributed by atoms with van der Waals surface area (Å²) in [5, 5.41) is 15.4. The summed E-state index contributed by atoms with van der Waals surface area (Å²) in [6.07, 6.45) is 0. The number of halogens is 6. The number of pyridine rings is 1. The molecule has 1 aromatic heterocycles. The molecule has 0 saturated carbocycles. The number of aliphatic hydroxyl groups is 1. The molecule has 0 aliphatic rings. The highest BCUT2D eigenvalue weighted by molar-refractivity contribution is 9.10. The van der Waals surface area contributed by atoms with Crippen LogP contribution in [0.3, 0.4) is 0 Å². The van der Waals surface area contributed by atoms with Crippen LogP contribution in [0, 0.1) is 0 Å². The molecule has 6 nitrogen and oxygen atoms in total. The summed E-state index contributed by atoms with van der Waals surface area (Å²) >= 11 is 15.9. The second-order valence-electron chi connectivity index (χ2n) is 8.81. The Balaban J connectivity index is 1.73. The van der Waals surface area contributed by atoms with Gasteiger partial charge in [0, 0.05) is 48.2 Å². The van der Waals surface area contributed by atoms with Crippen LogP contribution < -0.4 is 10.6 Å². The summed E-state index contributed by atoms with van der Waals surface area (Å²) in [6, 6.07) is 19.3. The van der Waals surface area contributed by atoms with E-state index in [1.54, 1.807) is 24.3 Å². The first kappa shape index (κ1) is 31.8. The van der Waals surface area contributed by atoms with Gasteiger partial charge in [-0.2, -0.15) is 13.2 Å². The number of thioether (sulfide) groups is 1. The minimum atomic E-state index is -4.44. The van der Waals surface area contributed by atoms with Crippen LogP contribution in [0.25, 0.3) is 22.4 Å². The molecule has 0 saturated heterocycles. The van der Waals surface area contributed by atoms with Crippen molar-refractivity contribution in [3.8, 4) is 22.4 Å². The highest BCUT2D eigenvalue weighted by atomic mass is 79.9. The van der Waals surface area contributed by atoms with E-state index in [0.29, 0.717) is 38.1 Å². The normalized spacial score (nSPS) is 11.3. The van der Waals surface area contributed by atoms with Crippen molar-refractivity contribution < 1.29 is 27.9 Å². The fourth-order valence-electron chi connectivity index (χ4n) is 3.96. The number of rotatable bonds is 9. The van der Waals surface area contributed by atoms with Gasteiger partial charge in [0.15, 0.2) is 0 Å². The molecule has 0 spiro atoms. The number of aliphatic hydroxyl groups excluding tert-OH is 1. The molecular formula is C29H21BrCl2F3N3O3S. The molecule has 13 heteroatoms. The number of hydrogen-bond donors (Lipinski definition) is 3.